The van der Waals surface area contributed by atoms with Gasteiger partial charge in [-0.3, -0.25) is 4.79 Å². The van der Waals surface area contributed by atoms with Crippen molar-refractivity contribution in [3.63, 3.8) is 0 Å². The van der Waals surface area contributed by atoms with Crippen LogP contribution in [0.15, 0.2) is 27.6 Å². The minimum atomic E-state index is -3.77. The van der Waals surface area contributed by atoms with Gasteiger partial charge in [-0.15, -0.1) is 0 Å². The van der Waals surface area contributed by atoms with Crippen molar-refractivity contribution >= 4 is 27.3 Å². The molecule has 1 N–H and O–H groups in total. The Morgan fingerprint density at radius 2 is 2.15 bits per heavy atom. The summed E-state index contributed by atoms with van der Waals surface area (Å²) < 4.78 is 35.9. The van der Waals surface area contributed by atoms with E-state index in [1.165, 1.54) is 6.07 Å². The Morgan fingerprint density at radius 3 is 2.82 bits per heavy atom. The lowest BCUT2D eigenvalue weighted by atomic mass is 9.79. The molecule has 11 heteroatoms. The highest BCUT2D eigenvalue weighted by Crippen LogP contribution is 2.29. The molecule has 1 aromatic carbocycles. The number of halogens is 1. The first kappa shape index (κ1) is 25.6. The Balaban J connectivity index is 1.59. The van der Waals surface area contributed by atoms with Gasteiger partial charge in [0.2, 0.25) is 11.8 Å². The number of aromatic nitrogens is 2. The lowest BCUT2D eigenvalue weighted by Gasteiger charge is -2.44. The number of methoxy groups -OCH3 is 1. The first-order chi connectivity index (χ1) is 15.5. The number of sulfone groups is 1. The summed E-state index contributed by atoms with van der Waals surface area (Å²) in [5.74, 6) is -0.637. The molecule has 1 aliphatic rings. The van der Waals surface area contributed by atoms with Crippen LogP contribution in [0.3, 0.4) is 0 Å². The standard InChI is InChI=1S/C22H31ClN4O5S/c1-15-6-5-7-16(23)21(15)33(29,30)13-18-25-20(32-26-18)12-19(28)24-17-8-9-27(10-11-31-4)14-22(17,2)3/h5-7,17H,8-14H2,1-4H3,(H,24,28). The number of ether oxygens (including phenoxy) is 1. The molecule has 2 aromatic rings. The number of benzene rings is 1. The van der Waals surface area contributed by atoms with Crippen molar-refractivity contribution in [3.8, 4) is 0 Å². The van der Waals surface area contributed by atoms with Gasteiger partial charge >= 0.3 is 0 Å². The molecule has 1 amide bonds. The zero-order valence-corrected chi connectivity index (χ0v) is 21.0. The minimum Gasteiger partial charge on any atom is -0.383 e. The summed E-state index contributed by atoms with van der Waals surface area (Å²) in [7, 11) is -2.08. The van der Waals surface area contributed by atoms with Crippen LogP contribution in [-0.2, 0) is 31.5 Å². The monoisotopic (exact) mass is 498 g/mol. The number of aryl methyl sites for hydroxylation is 1. The largest absolute Gasteiger partial charge is 0.383 e. The predicted molar refractivity (Wildman–Crippen MR) is 124 cm³/mol. The van der Waals surface area contributed by atoms with Gasteiger partial charge in [0, 0.05) is 32.8 Å². The van der Waals surface area contributed by atoms with Crippen LogP contribution in [0, 0.1) is 12.3 Å². The number of carbonyl (C=O) groups excluding carboxylic acids is 1. The summed E-state index contributed by atoms with van der Waals surface area (Å²) in [5.41, 5.74) is 0.434. The summed E-state index contributed by atoms with van der Waals surface area (Å²) >= 11 is 6.10. The first-order valence-electron chi connectivity index (χ1n) is 10.8. The fourth-order valence-electron chi connectivity index (χ4n) is 4.20. The van der Waals surface area contributed by atoms with E-state index in [2.05, 4.69) is 34.2 Å². The summed E-state index contributed by atoms with van der Waals surface area (Å²) in [6.07, 6.45) is 0.713. The molecule has 1 fully saturated rings. The van der Waals surface area contributed by atoms with Crippen molar-refractivity contribution in [3.05, 3.63) is 40.5 Å². The topological polar surface area (TPSA) is 115 Å². The third-order valence-corrected chi connectivity index (χ3v) is 8.10. The first-order valence-corrected chi connectivity index (χ1v) is 12.8. The molecule has 0 spiro atoms. The highest BCUT2D eigenvalue weighted by molar-refractivity contribution is 7.90. The van der Waals surface area contributed by atoms with Gasteiger partial charge in [-0.05, 0) is 30.4 Å². The van der Waals surface area contributed by atoms with Crippen molar-refractivity contribution < 1.29 is 22.5 Å². The van der Waals surface area contributed by atoms with E-state index in [9.17, 15) is 13.2 Å². The third kappa shape index (κ3) is 6.53. The summed E-state index contributed by atoms with van der Waals surface area (Å²) in [5, 5.41) is 6.97. The molecule has 0 aliphatic carbocycles. The number of hydrogen-bond donors (Lipinski definition) is 1. The van der Waals surface area contributed by atoms with Gasteiger partial charge in [-0.2, -0.15) is 4.98 Å². The van der Waals surface area contributed by atoms with Crippen LogP contribution in [-0.4, -0.2) is 68.8 Å². The maximum absolute atomic E-state index is 12.8. The van der Waals surface area contributed by atoms with Crippen molar-refractivity contribution in [2.45, 2.75) is 50.3 Å². The molecular formula is C22H31ClN4O5S. The fraction of sp³-hybridized carbons (Fsp3) is 0.591. The molecule has 1 saturated heterocycles. The zero-order chi connectivity index (χ0) is 24.2. The third-order valence-electron chi connectivity index (χ3n) is 5.87. The Morgan fingerprint density at radius 1 is 1.39 bits per heavy atom. The van der Waals surface area contributed by atoms with Crippen LogP contribution in [0.5, 0.6) is 0 Å². The zero-order valence-electron chi connectivity index (χ0n) is 19.4. The number of hydrogen-bond acceptors (Lipinski definition) is 8. The molecule has 1 atom stereocenters. The fourth-order valence-corrected chi connectivity index (χ4v) is 6.30. The molecule has 9 nitrogen and oxygen atoms in total. The highest BCUT2D eigenvalue weighted by Gasteiger charge is 2.36. The molecule has 182 valence electrons. The number of carbonyl (C=O) groups is 1. The van der Waals surface area contributed by atoms with Crippen LogP contribution in [0.25, 0.3) is 0 Å². The Labute approximate surface area is 199 Å². The van der Waals surface area contributed by atoms with Gasteiger partial charge in [0.15, 0.2) is 15.7 Å². The molecule has 1 aromatic heterocycles. The molecule has 0 saturated carbocycles. The number of piperidine rings is 1. The summed E-state index contributed by atoms with van der Waals surface area (Å²) in [6, 6.07) is 4.90. The molecule has 3 rings (SSSR count). The van der Waals surface area contributed by atoms with Crippen LogP contribution in [0.1, 0.15) is 37.5 Å². The van der Waals surface area contributed by atoms with E-state index in [4.69, 9.17) is 20.9 Å². The molecule has 0 bridgehead atoms. The minimum absolute atomic E-state index is 0.00904. The van der Waals surface area contributed by atoms with Gasteiger partial charge in [-0.1, -0.05) is 42.7 Å². The van der Waals surface area contributed by atoms with Crippen molar-refractivity contribution in [1.29, 1.82) is 0 Å². The number of amides is 1. The Kier molecular flexibility index (Phi) is 8.15. The van der Waals surface area contributed by atoms with Gasteiger partial charge in [0.25, 0.3) is 0 Å². The van der Waals surface area contributed by atoms with Crippen LogP contribution in [0.4, 0.5) is 0 Å². The van der Waals surface area contributed by atoms with Crippen LogP contribution >= 0.6 is 11.6 Å². The number of rotatable bonds is 9. The number of nitrogens with one attached hydrogen (secondary N) is 1. The van der Waals surface area contributed by atoms with E-state index in [0.29, 0.717) is 12.2 Å². The van der Waals surface area contributed by atoms with Crippen molar-refractivity contribution in [2.24, 2.45) is 5.41 Å². The average molecular weight is 499 g/mol. The summed E-state index contributed by atoms with van der Waals surface area (Å²) in [6.45, 7) is 9.20. The van der Waals surface area contributed by atoms with Crippen LogP contribution < -0.4 is 5.32 Å². The molecule has 0 radical (unpaired) electrons. The second kappa shape index (κ2) is 10.5. The van der Waals surface area contributed by atoms with E-state index < -0.39 is 15.6 Å². The SMILES string of the molecule is COCCN1CCC(NC(=O)Cc2nc(CS(=O)(=O)c3c(C)cccc3Cl)no2)C(C)(C)C1. The summed E-state index contributed by atoms with van der Waals surface area (Å²) in [4.78, 5) is 19.1. The molecule has 1 aliphatic heterocycles. The van der Waals surface area contributed by atoms with Crippen molar-refractivity contribution in [1.82, 2.24) is 20.4 Å². The van der Waals surface area contributed by atoms with E-state index in [-0.39, 0.29) is 45.4 Å². The number of likely N-dealkylation sites (tertiary alicyclic amines) is 1. The lowest BCUT2D eigenvalue weighted by molar-refractivity contribution is -0.123. The lowest BCUT2D eigenvalue weighted by Crippen LogP contribution is -2.56. The van der Waals surface area contributed by atoms with E-state index in [1.54, 1.807) is 26.2 Å². The quantitative estimate of drug-likeness (QED) is 0.560. The van der Waals surface area contributed by atoms with E-state index in [0.717, 1.165) is 26.1 Å². The van der Waals surface area contributed by atoms with Gasteiger partial charge in [0.1, 0.15) is 12.2 Å². The Bertz CT molecular complexity index is 1070. The molecule has 1 unspecified atom stereocenters. The maximum atomic E-state index is 12.8. The van der Waals surface area contributed by atoms with E-state index >= 15 is 0 Å². The predicted octanol–water partition coefficient (Wildman–Crippen LogP) is 2.41. The second-order valence-corrected chi connectivity index (χ2v) is 11.4. The average Bonchev–Trinajstić information content (AvgIpc) is 3.13. The Hall–Kier alpha value is -2.01. The molecular weight excluding hydrogens is 468 g/mol. The van der Waals surface area contributed by atoms with Gasteiger partial charge in [0.05, 0.1) is 16.5 Å². The number of nitrogens with zero attached hydrogens (tertiary/aromatic N) is 3. The van der Waals surface area contributed by atoms with Gasteiger partial charge in [-0.25, -0.2) is 8.42 Å². The second-order valence-electron chi connectivity index (χ2n) is 9.09. The maximum Gasteiger partial charge on any atom is 0.236 e. The van der Waals surface area contributed by atoms with Gasteiger partial charge < -0.3 is 19.5 Å². The van der Waals surface area contributed by atoms with E-state index in [1.807, 2.05) is 0 Å². The van der Waals surface area contributed by atoms with Crippen LogP contribution in [0.2, 0.25) is 5.02 Å². The highest BCUT2D eigenvalue weighted by atomic mass is 35.5. The smallest absolute Gasteiger partial charge is 0.236 e. The van der Waals surface area contributed by atoms with Crippen molar-refractivity contribution in [2.75, 3.05) is 33.4 Å². The normalized spacial score (nSPS) is 18.9. The molecule has 2 heterocycles. The molecule has 33 heavy (non-hydrogen) atoms.